The van der Waals surface area contributed by atoms with E-state index in [1.165, 1.54) is 0 Å². The molecule has 8 heteroatoms. The summed E-state index contributed by atoms with van der Waals surface area (Å²) in [5.74, 6) is 0. The van der Waals surface area contributed by atoms with Gasteiger partial charge >= 0.3 is 7.12 Å². The van der Waals surface area contributed by atoms with Gasteiger partial charge in [-0.15, -0.1) is 4.72 Å². The summed E-state index contributed by atoms with van der Waals surface area (Å²) in [6.45, 7) is 14.5. The van der Waals surface area contributed by atoms with Crippen LogP contribution < -0.4 is 10.2 Å². The molecule has 0 unspecified atom stereocenters. The fraction of sp³-hybridized carbons (Fsp3) is 0.611. The summed E-state index contributed by atoms with van der Waals surface area (Å²) in [4.78, 5) is 4.43. The highest BCUT2D eigenvalue weighted by Crippen LogP contribution is 2.36. The van der Waals surface area contributed by atoms with E-state index in [1.54, 1.807) is 6.20 Å². The molecule has 0 saturated carbocycles. The van der Waals surface area contributed by atoms with Crippen LogP contribution in [0.5, 0.6) is 0 Å². The maximum atomic E-state index is 12.2. The van der Waals surface area contributed by atoms with Gasteiger partial charge in [0.05, 0.1) is 29.6 Å². The molecule has 26 heavy (non-hydrogen) atoms. The third-order valence-electron chi connectivity index (χ3n) is 5.07. The SMILES string of the molecule is CC(C)(C)[S@@+]([O-])NCc1cnc2ccc(B3OC(C)(C)C(C)(C)O3)cn12. The number of fused-ring (bicyclic) bond motifs is 1. The number of rotatable bonds is 4. The van der Waals surface area contributed by atoms with Crippen LogP contribution in [-0.2, 0) is 27.2 Å². The van der Waals surface area contributed by atoms with E-state index >= 15 is 0 Å². The third-order valence-corrected chi connectivity index (χ3v) is 6.59. The van der Waals surface area contributed by atoms with Crippen molar-refractivity contribution in [3.63, 3.8) is 0 Å². The molecule has 1 saturated heterocycles. The molecule has 0 spiro atoms. The number of hydrogen-bond acceptors (Lipinski definition) is 5. The fourth-order valence-electron chi connectivity index (χ4n) is 2.65. The minimum absolute atomic E-state index is 0.311. The van der Waals surface area contributed by atoms with Crippen LogP contribution in [0, 0.1) is 0 Å². The van der Waals surface area contributed by atoms with Crippen molar-refractivity contribution in [1.29, 1.82) is 0 Å². The molecule has 0 aromatic carbocycles. The Morgan fingerprint density at radius 2 is 1.81 bits per heavy atom. The quantitative estimate of drug-likeness (QED) is 0.653. The molecule has 142 valence electrons. The maximum Gasteiger partial charge on any atom is 0.496 e. The van der Waals surface area contributed by atoms with Gasteiger partial charge in [0.2, 0.25) is 0 Å². The van der Waals surface area contributed by atoms with Crippen LogP contribution in [0.3, 0.4) is 0 Å². The number of imidazole rings is 1. The van der Waals surface area contributed by atoms with Crippen molar-refractivity contribution in [1.82, 2.24) is 14.1 Å². The highest BCUT2D eigenvalue weighted by Gasteiger charge is 2.51. The number of pyridine rings is 1. The number of nitrogens with zero attached hydrogens (tertiary/aromatic N) is 2. The molecule has 3 heterocycles. The lowest BCUT2D eigenvalue weighted by atomic mass is 9.80. The van der Waals surface area contributed by atoms with Crippen LogP contribution in [0.4, 0.5) is 0 Å². The van der Waals surface area contributed by atoms with Gasteiger partial charge in [-0.05, 0) is 60.0 Å². The normalized spacial score (nSPS) is 20.7. The Labute approximate surface area is 159 Å². The number of nitrogens with one attached hydrogen (secondary N) is 1. The Kier molecular flexibility index (Phi) is 4.95. The monoisotopic (exact) mass is 377 g/mol. The van der Waals surface area contributed by atoms with Crippen LogP contribution in [-0.4, -0.2) is 37.0 Å². The van der Waals surface area contributed by atoms with E-state index in [0.717, 1.165) is 16.8 Å². The van der Waals surface area contributed by atoms with Crippen molar-refractivity contribution in [2.75, 3.05) is 0 Å². The zero-order valence-electron chi connectivity index (χ0n) is 16.6. The van der Waals surface area contributed by atoms with E-state index in [-0.39, 0.29) is 15.9 Å². The van der Waals surface area contributed by atoms with Gasteiger partial charge in [-0.25, -0.2) is 4.98 Å². The van der Waals surface area contributed by atoms with E-state index in [2.05, 4.69) is 9.71 Å². The molecule has 2 aromatic rings. The second-order valence-corrected chi connectivity index (χ2v) is 10.8. The second-order valence-electron chi connectivity index (χ2n) is 8.73. The lowest BCUT2D eigenvalue weighted by Gasteiger charge is -2.32. The lowest BCUT2D eigenvalue weighted by molar-refractivity contribution is 0.00578. The molecule has 1 aliphatic heterocycles. The summed E-state index contributed by atoms with van der Waals surface area (Å²) in [5, 5.41) is 0. The summed E-state index contributed by atoms with van der Waals surface area (Å²) >= 11 is -1.13. The van der Waals surface area contributed by atoms with E-state index in [4.69, 9.17) is 9.31 Å². The van der Waals surface area contributed by atoms with Gasteiger partial charge in [-0.3, -0.25) is 0 Å². The van der Waals surface area contributed by atoms with Gasteiger partial charge in [-0.1, -0.05) is 6.07 Å². The van der Waals surface area contributed by atoms with Crippen LogP contribution in [0.2, 0.25) is 0 Å². The molecule has 3 rings (SSSR count). The van der Waals surface area contributed by atoms with Gasteiger partial charge in [0.1, 0.15) is 10.4 Å². The molecule has 1 fully saturated rings. The molecule has 2 aromatic heterocycles. The zero-order chi connectivity index (χ0) is 19.3. The number of hydrogen-bond donors (Lipinski definition) is 1. The van der Waals surface area contributed by atoms with Gasteiger partial charge in [0, 0.05) is 17.6 Å². The summed E-state index contributed by atoms with van der Waals surface area (Å²) in [7, 11) is -0.420. The topological polar surface area (TPSA) is 70.8 Å². The molecule has 1 atom stereocenters. The Morgan fingerprint density at radius 3 is 2.38 bits per heavy atom. The molecule has 0 amide bonds. The Bertz CT molecular complexity index is 785. The van der Waals surface area contributed by atoms with E-state index in [0.29, 0.717) is 6.54 Å². The highest BCUT2D eigenvalue weighted by atomic mass is 32.2. The molecule has 1 N–H and O–H groups in total. The summed E-state index contributed by atoms with van der Waals surface area (Å²) in [6.07, 6.45) is 3.79. The van der Waals surface area contributed by atoms with Gasteiger partial charge in [-0.2, -0.15) is 0 Å². The number of aromatic nitrogens is 2. The average molecular weight is 377 g/mol. The van der Waals surface area contributed by atoms with Crippen molar-refractivity contribution in [2.45, 2.75) is 71.0 Å². The van der Waals surface area contributed by atoms with E-state index in [1.807, 2.05) is 71.2 Å². The van der Waals surface area contributed by atoms with E-state index in [9.17, 15) is 4.55 Å². The minimum atomic E-state index is -1.13. The van der Waals surface area contributed by atoms with Crippen molar-refractivity contribution in [2.24, 2.45) is 0 Å². The second kappa shape index (κ2) is 6.53. The Balaban J connectivity index is 1.83. The van der Waals surface area contributed by atoms with Crippen LogP contribution in [0.25, 0.3) is 5.65 Å². The fourth-order valence-corrected chi connectivity index (χ4v) is 3.36. The first-order valence-corrected chi connectivity index (χ1v) is 10.0. The van der Waals surface area contributed by atoms with Gasteiger partial charge in [0.25, 0.3) is 0 Å². The summed E-state index contributed by atoms with van der Waals surface area (Å²) in [5.41, 5.74) is 1.96. The van der Waals surface area contributed by atoms with Gasteiger partial charge in [0.15, 0.2) is 0 Å². The predicted molar refractivity (Wildman–Crippen MR) is 106 cm³/mol. The standard InChI is InChI=1S/C18H28BN3O3S/c1-16(2,3)26(23)21-11-14-10-20-15-9-8-13(12-22(14)15)19-24-17(4,5)18(6,7)25-19/h8-10,12,21H,11H2,1-7H3/t26-/m1/s1. The van der Waals surface area contributed by atoms with Crippen molar-refractivity contribution in [3.8, 4) is 0 Å². The van der Waals surface area contributed by atoms with Gasteiger partial charge < -0.3 is 18.3 Å². The molecular weight excluding hydrogens is 349 g/mol. The third kappa shape index (κ3) is 3.66. The van der Waals surface area contributed by atoms with Crippen molar-refractivity contribution >= 4 is 29.6 Å². The van der Waals surface area contributed by atoms with E-state index < -0.39 is 18.5 Å². The maximum absolute atomic E-state index is 12.2. The first-order chi connectivity index (χ1) is 11.9. The molecule has 0 bridgehead atoms. The van der Waals surface area contributed by atoms with Crippen molar-refractivity contribution in [3.05, 3.63) is 30.2 Å². The van der Waals surface area contributed by atoms with Crippen LogP contribution in [0.15, 0.2) is 24.5 Å². The zero-order valence-corrected chi connectivity index (χ0v) is 17.4. The first kappa shape index (κ1) is 19.7. The highest BCUT2D eigenvalue weighted by molar-refractivity contribution is 7.90. The summed E-state index contributed by atoms with van der Waals surface area (Å²) in [6, 6.07) is 3.93. The molecule has 0 aliphatic carbocycles. The van der Waals surface area contributed by atoms with Crippen molar-refractivity contribution < 1.29 is 13.9 Å². The molecule has 0 radical (unpaired) electrons. The Morgan fingerprint density at radius 1 is 1.19 bits per heavy atom. The van der Waals surface area contributed by atoms with Crippen LogP contribution in [0.1, 0.15) is 54.2 Å². The lowest BCUT2D eigenvalue weighted by Crippen LogP contribution is -2.41. The minimum Gasteiger partial charge on any atom is -0.598 e. The van der Waals surface area contributed by atoms with Crippen LogP contribution >= 0.6 is 0 Å². The average Bonchev–Trinajstić information content (AvgIpc) is 3.01. The largest absolute Gasteiger partial charge is 0.598 e. The summed E-state index contributed by atoms with van der Waals surface area (Å²) < 4.78 is 29.3. The molecule has 1 aliphatic rings. The smallest absolute Gasteiger partial charge is 0.496 e. The Hall–Kier alpha value is -1.06. The molecule has 6 nitrogen and oxygen atoms in total. The molecular formula is C18H28BN3O3S. The first-order valence-electron chi connectivity index (χ1n) is 8.88. The predicted octanol–water partition coefficient (Wildman–Crippen LogP) is 2.19.